The van der Waals surface area contributed by atoms with Crippen molar-refractivity contribution >= 4 is 17.1 Å². The van der Waals surface area contributed by atoms with E-state index in [0.29, 0.717) is 71.8 Å². The molecule has 172 valence electrons. The lowest BCUT2D eigenvalue weighted by molar-refractivity contribution is -0.109. The maximum atomic E-state index is 10.6. The largest absolute Gasteiger partial charge is 0.491 e. The van der Waals surface area contributed by atoms with Crippen LogP contribution in [0.1, 0.15) is 0 Å². The highest BCUT2D eigenvalue weighted by Gasteiger charge is 2.06. The summed E-state index contributed by atoms with van der Waals surface area (Å²) in [4.78, 5) is 10.6. The van der Waals surface area contributed by atoms with Gasteiger partial charge >= 0.3 is 0 Å². The summed E-state index contributed by atoms with van der Waals surface area (Å²) in [6.07, 6.45) is 0.730. The van der Waals surface area contributed by atoms with E-state index in [9.17, 15) is 4.79 Å². The minimum absolute atomic E-state index is 0.0233. The maximum Gasteiger partial charge on any atom is 0.157 e. The molecule has 0 unspecified atom stereocenters. The molecule has 2 aromatic rings. The average Bonchev–Trinajstić information content (AvgIpc) is 2.80. The van der Waals surface area contributed by atoms with Crippen molar-refractivity contribution in [2.75, 3.05) is 79.8 Å². The van der Waals surface area contributed by atoms with E-state index in [2.05, 4.69) is 0 Å². The number of carbonyl (C=O) groups is 1. The topological polar surface area (TPSA) is 81.7 Å². The fraction of sp³-hybridized carbons (Fsp3) is 0.522. The third kappa shape index (κ3) is 10.1. The van der Waals surface area contributed by atoms with Crippen molar-refractivity contribution in [1.29, 1.82) is 0 Å². The van der Waals surface area contributed by atoms with Gasteiger partial charge in [0.25, 0.3) is 0 Å². The van der Waals surface area contributed by atoms with Crippen LogP contribution < -0.4 is 9.47 Å². The van der Waals surface area contributed by atoms with Gasteiger partial charge in [0, 0.05) is 17.9 Å². The van der Waals surface area contributed by atoms with Crippen LogP contribution >= 0.6 is 0 Å². The molecule has 0 amide bonds. The van der Waals surface area contributed by atoms with Gasteiger partial charge in [0.05, 0.1) is 59.5 Å². The lowest BCUT2D eigenvalue weighted by Crippen LogP contribution is -2.14. The minimum atomic E-state index is 0.0233. The first-order valence-electron chi connectivity index (χ1n) is 10.4. The Morgan fingerprint density at radius 1 is 0.613 bits per heavy atom. The first-order chi connectivity index (χ1) is 15.4. The molecule has 8 heteroatoms. The van der Waals surface area contributed by atoms with Crippen LogP contribution in [0.5, 0.6) is 11.5 Å². The Bertz CT molecular complexity index is 737. The Balaban J connectivity index is 1.52. The van der Waals surface area contributed by atoms with E-state index in [-0.39, 0.29) is 6.61 Å². The van der Waals surface area contributed by atoms with Crippen LogP contribution in [0.4, 0.5) is 0 Å². The van der Waals surface area contributed by atoms with Crippen LogP contribution in [0.15, 0.2) is 36.4 Å². The molecule has 0 aliphatic carbocycles. The minimum Gasteiger partial charge on any atom is -0.491 e. The van der Waals surface area contributed by atoms with E-state index in [0.717, 1.165) is 22.8 Å². The molecule has 0 aliphatic heterocycles. The Morgan fingerprint density at radius 3 is 1.55 bits per heavy atom. The second kappa shape index (κ2) is 16.5. The normalized spacial score (nSPS) is 11.0. The molecule has 0 bridgehead atoms. The Labute approximate surface area is 183 Å². The van der Waals surface area contributed by atoms with E-state index in [1.807, 2.05) is 36.4 Å². The summed E-state index contributed by atoms with van der Waals surface area (Å²) < 4.78 is 37.9. The molecule has 0 spiro atoms. The molecular formula is C23H32O8. The Kier molecular flexibility index (Phi) is 13.3. The SMILES string of the molecule is COCCOCCOCCOCCOCCOc1cccc2c(OCC=O)cccc12. The zero-order valence-corrected chi connectivity index (χ0v) is 18.1. The lowest BCUT2D eigenvalue weighted by atomic mass is 10.1. The first kappa shape index (κ1) is 25.0. The zero-order valence-electron chi connectivity index (χ0n) is 18.1. The van der Waals surface area contributed by atoms with Gasteiger partial charge in [-0.15, -0.1) is 0 Å². The number of aldehydes is 1. The van der Waals surface area contributed by atoms with Gasteiger partial charge in [-0.25, -0.2) is 0 Å². The van der Waals surface area contributed by atoms with Gasteiger partial charge in [0.1, 0.15) is 24.7 Å². The highest BCUT2D eigenvalue weighted by molar-refractivity contribution is 5.93. The highest BCUT2D eigenvalue weighted by Crippen LogP contribution is 2.32. The number of rotatable bonds is 19. The van der Waals surface area contributed by atoms with Gasteiger partial charge in [-0.05, 0) is 12.1 Å². The van der Waals surface area contributed by atoms with Crippen LogP contribution in [0, 0.1) is 0 Å². The molecule has 0 aromatic heterocycles. The number of methoxy groups -OCH3 is 1. The van der Waals surface area contributed by atoms with Gasteiger partial charge in [-0.2, -0.15) is 0 Å². The molecule has 0 aliphatic rings. The number of carbonyl (C=O) groups excluding carboxylic acids is 1. The van der Waals surface area contributed by atoms with Crippen molar-refractivity contribution < 1.29 is 38.0 Å². The predicted molar refractivity (Wildman–Crippen MR) is 116 cm³/mol. The van der Waals surface area contributed by atoms with Crippen molar-refractivity contribution in [2.24, 2.45) is 0 Å². The van der Waals surface area contributed by atoms with E-state index in [1.165, 1.54) is 0 Å². The molecule has 0 atom stereocenters. The first-order valence-corrected chi connectivity index (χ1v) is 10.4. The van der Waals surface area contributed by atoms with Crippen molar-refractivity contribution in [1.82, 2.24) is 0 Å². The smallest absolute Gasteiger partial charge is 0.157 e. The van der Waals surface area contributed by atoms with Crippen LogP contribution in [-0.2, 0) is 28.5 Å². The molecule has 0 saturated heterocycles. The summed E-state index contributed by atoms with van der Waals surface area (Å²) in [7, 11) is 1.64. The zero-order chi connectivity index (χ0) is 22.0. The lowest BCUT2D eigenvalue weighted by Gasteiger charge is -2.12. The van der Waals surface area contributed by atoms with Gasteiger partial charge in [-0.1, -0.05) is 24.3 Å². The predicted octanol–water partition coefficient (Wildman–Crippen LogP) is 2.51. The van der Waals surface area contributed by atoms with Gasteiger partial charge in [0.2, 0.25) is 0 Å². The van der Waals surface area contributed by atoms with Crippen LogP contribution in [0.3, 0.4) is 0 Å². The summed E-state index contributed by atoms with van der Waals surface area (Å²) in [5.74, 6) is 1.41. The quantitative estimate of drug-likeness (QED) is 0.245. The molecule has 2 aromatic carbocycles. The molecule has 0 saturated carbocycles. The molecule has 0 radical (unpaired) electrons. The molecule has 0 fully saturated rings. The standard InChI is InChI=1S/C23H32O8/c1-25-10-11-26-12-13-27-14-15-28-16-17-29-18-19-31-23-7-3-4-20-21(23)5-2-6-22(20)30-9-8-24/h2-8H,9-19H2,1H3. The van der Waals surface area contributed by atoms with Gasteiger partial charge < -0.3 is 33.2 Å². The summed E-state index contributed by atoms with van der Waals surface area (Å²) in [5.41, 5.74) is 0. The Hall–Kier alpha value is -2.23. The van der Waals surface area contributed by atoms with Crippen molar-refractivity contribution in [3.05, 3.63) is 36.4 Å². The number of fused-ring (bicyclic) bond motifs is 1. The molecule has 8 nitrogen and oxygen atoms in total. The summed E-state index contributed by atoms with van der Waals surface area (Å²) >= 11 is 0. The third-order valence-corrected chi connectivity index (χ3v) is 4.18. The highest BCUT2D eigenvalue weighted by atomic mass is 16.6. The second-order valence-corrected chi connectivity index (χ2v) is 6.38. The number of hydrogen-bond acceptors (Lipinski definition) is 8. The van der Waals surface area contributed by atoms with Gasteiger partial charge in [-0.3, -0.25) is 4.79 Å². The maximum absolute atomic E-state index is 10.6. The van der Waals surface area contributed by atoms with Crippen LogP contribution in [0.2, 0.25) is 0 Å². The van der Waals surface area contributed by atoms with Gasteiger partial charge in [0.15, 0.2) is 6.29 Å². The van der Waals surface area contributed by atoms with E-state index >= 15 is 0 Å². The van der Waals surface area contributed by atoms with Crippen molar-refractivity contribution in [2.45, 2.75) is 0 Å². The number of ether oxygens (including phenoxy) is 7. The molecule has 2 rings (SSSR count). The molecule has 0 N–H and O–H groups in total. The van der Waals surface area contributed by atoms with E-state index in [1.54, 1.807) is 7.11 Å². The third-order valence-electron chi connectivity index (χ3n) is 4.18. The number of hydrogen-bond donors (Lipinski definition) is 0. The molecule has 31 heavy (non-hydrogen) atoms. The number of benzene rings is 2. The summed E-state index contributed by atoms with van der Waals surface area (Å²) in [5, 5.41) is 1.83. The van der Waals surface area contributed by atoms with E-state index in [4.69, 9.17) is 33.2 Å². The van der Waals surface area contributed by atoms with Crippen molar-refractivity contribution in [3.63, 3.8) is 0 Å². The fourth-order valence-corrected chi connectivity index (χ4v) is 2.74. The Morgan fingerprint density at radius 2 is 1.06 bits per heavy atom. The average molecular weight is 437 g/mol. The summed E-state index contributed by atoms with van der Waals surface area (Å²) in [6.45, 7) is 5.19. The fourth-order valence-electron chi connectivity index (χ4n) is 2.74. The molecular weight excluding hydrogens is 404 g/mol. The van der Waals surface area contributed by atoms with Crippen LogP contribution in [0.25, 0.3) is 10.8 Å². The molecule has 0 heterocycles. The monoisotopic (exact) mass is 436 g/mol. The van der Waals surface area contributed by atoms with E-state index < -0.39 is 0 Å². The second-order valence-electron chi connectivity index (χ2n) is 6.38. The van der Waals surface area contributed by atoms with Crippen molar-refractivity contribution in [3.8, 4) is 11.5 Å². The van der Waals surface area contributed by atoms with Crippen LogP contribution in [-0.4, -0.2) is 86.1 Å². The summed E-state index contributed by atoms with van der Waals surface area (Å²) in [6, 6.07) is 11.4.